The summed E-state index contributed by atoms with van der Waals surface area (Å²) in [5.74, 6) is 0.507. The molecular formula is C8H9N9S. The van der Waals surface area contributed by atoms with Gasteiger partial charge in [-0.25, -0.2) is 14.6 Å². The number of rotatable bonds is 3. The van der Waals surface area contributed by atoms with E-state index in [1.165, 1.54) is 11.8 Å². The van der Waals surface area contributed by atoms with E-state index in [2.05, 4.69) is 40.8 Å². The number of imidazole rings is 1. The van der Waals surface area contributed by atoms with Gasteiger partial charge in [-0.1, -0.05) is 0 Å². The molecule has 0 aliphatic carbocycles. The van der Waals surface area contributed by atoms with Crippen molar-refractivity contribution in [1.29, 1.82) is 0 Å². The van der Waals surface area contributed by atoms with Gasteiger partial charge in [-0.05, 0) is 22.2 Å². The first-order valence-electron chi connectivity index (χ1n) is 5.07. The fourth-order valence-electron chi connectivity index (χ4n) is 1.39. The molecule has 0 aliphatic heterocycles. The number of hydrogen-bond acceptors (Lipinski definition) is 8. The van der Waals surface area contributed by atoms with Crippen LogP contribution in [0.4, 0.5) is 5.95 Å². The molecule has 3 aromatic rings. The van der Waals surface area contributed by atoms with Gasteiger partial charge in [0.05, 0.1) is 6.33 Å². The first kappa shape index (κ1) is 10.9. The Bertz CT molecular complexity index is 687. The monoisotopic (exact) mass is 263 g/mol. The molecule has 0 aromatic carbocycles. The maximum Gasteiger partial charge on any atom is 0.225 e. The van der Waals surface area contributed by atoms with Crippen LogP contribution in [0.3, 0.4) is 0 Å². The largest absolute Gasteiger partial charge is 0.357 e. The van der Waals surface area contributed by atoms with Crippen molar-refractivity contribution in [2.24, 2.45) is 7.05 Å². The molecule has 10 heteroatoms. The maximum atomic E-state index is 4.37. The predicted molar refractivity (Wildman–Crippen MR) is 64.2 cm³/mol. The Kier molecular flexibility index (Phi) is 2.55. The van der Waals surface area contributed by atoms with Crippen molar-refractivity contribution in [2.45, 2.75) is 10.2 Å². The normalized spacial score (nSPS) is 11.0. The van der Waals surface area contributed by atoms with E-state index < -0.39 is 0 Å². The second kappa shape index (κ2) is 4.22. The van der Waals surface area contributed by atoms with Crippen LogP contribution in [0.2, 0.25) is 0 Å². The smallest absolute Gasteiger partial charge is 0.225 e. The molecule has 92 valence electrons. The number of H-pyrrole nitrogens is 1. The summed E-state index contributed by atoms with van der Waals surface area (Å²) < 4.78 is 1.58. The first-order valence-corrected chi connectivity index (χ1v) is 5.88. The van der Waals surface area contributed by atoms with Crippen LogP contribution in [-0.4, -0.2) is 47.2 Å². The van der Waals surface area contributed by atoms with Crippen molar-refractivity contribution >= 4 is 28.9 Å². The molecule has 9 nitrogen and oxygen atoms in total. The molecule has 0 bridgehead atoms. The summed E-state index contributed by atoms with van der Waals surface area (Å²) in [5.41, 5.74) is 1.37. The summed E-state index contributed by atoms with van der Waals surface area (Å²) in [4.78, 5) is 15.7. The molecule has 3 aromatic heterocycles. The Labute approximate surface area is 105 Å². The number of anilines is 1. The maximum absolute atomic E-state index is 4.37. The van der Waals surface area contributed by atoms with Gasteiger partial charge in [0, 0.05) is 14.1 Å². The van der Waals surface area contributed by atoms with Crippen molar-refractivity contribution < 1.29 is 0 Å². The molecule has 0 radical (unpaired) electrons. The molecule has 0 fully saturated rings. The van der Waals surface area contributed by atoms with E-state index in [0.29, 0.717) is 16.8 Å². The van der Waals surface area contributed by atoms with Gasteiger partial charge in [0.2, 0.25) is 11.1 Å². The van der Waals surface area contributed by atoms with Gasteiger partial charge in [-0.15, -0.1) is 5.10 Å². The third-order valence-electron chi connectivity index (χ3n) is 2.25. The zero-order valence-electron chi connectivity index (χ0n) is 9.62. The molecule has 0 amide bonds. The van der Waals surface area contributed by atoms with Crippen LogP contribution in [0.25, 0.3) is 11.2 Å². The van der Waals surface area contributed by atoms with Crippen molar-refractivity contribution in [3.63, 3.8) is 0 Å². The van der Waals surface area contributed by atoms with Gasteiger partial charge in [-0.2, -0.15) is 4.98 Å². The molecule has 3 heterocycles. The number of hydrogen-bond donors (Lipinski definition) is 2. The molecule has 0 saturated carbocycles. The zero-order chi connectivity index (χ0) is 12.5. The minimum absolute atomic E-state index is 0.507. The highest BCUT2D eigenvalue weighted by Crippen LogP contribution is 2.28. The van der Waals surface area contributed by atoms with E-state index in [9.17, 15) is 0 Å². The fraction of sp³-hybridized carbons (Fsp3) is 0.250. The quantitative estimate of drug-likeness (QED) is 0.639. The van der Waals surface area contributed by atoms with Crippen LogP contribution >= 0.6 is 11.8 Å². The molecular weight excluding hydrogens is 254 g/mol. The van der Waals surface area contributed by atoms with Gasteiger partial charge < -0.3 is 10.3 Å². The van der Waals surface area contributed by atoms with Crippen molar-refractivity contribution in [3.8, 4) is 0 Å². The van der Waals surface area contributed by atoms with E-state index in [4.69, 9.17) is 0 Å². The lowest BCUT2D eigenvalue weighted by Gasteiger charge is -2.03. The molecule has 0 aliphatic rings. The Hall–Kier alpha value is -2.23. The van der Waals surface area contributed by atoms with Crippen LogP contribution in [0, 0.1) is 0 Å². The van der Waals surface area contributed by atoms with Crippen LogP contribution in [0.15, 0.2) is 16.5 Å². The Morgan fingerprint density at radius 2 is 2.28 bits per heavy atom. The van der Waals surface area contributed by atoms with E-state index >= 15 is 0 Å². The summed E-state index contributed by atoms with van der Waals surface area (Å²) >= 11 is 1.35. The third-order valence-corrected chi connectivity index (χ3v) is 3.26. The highest BCUT2D eigenvalue weighted by Gasteiger charge is 2.13. The summed E-state index contributed by atoms with van der Waals surface area (Å²) in [6, 6.07) is 0. The Morgan fingerprint density at radius 1 is 1.39 bits per heavy atom. The highest BCUT2D eigenvalue weighted by atomic mass is 32.2. The lowest BCUT2D eigenvalue weighted by atomic mass is 10.5. The number of aromatic nitrogens is 8. The van der Waals surface area contributed by atoms with Crippen molar-refractivity contribution in [2.75, 3.05) is 12.4 Å². The van der Waals surface area contributed by atoms with E-state index in [0.717, 1.165) is 10.5 Å². The van der Waals surface area contributed by atoms with Crippen LogP contribution in [0.5, 0.6) is 0 Å². The standard InChI is InChI=1S/C8H9N9S/c1-9-7-12-5-4(10-3-11-5)6(13-7)18-8-14-15-16-17(8)2/h3H,1-2H3,(H2,9,10,11,12,13). The zero-order valence-corrected chi connectivity index (χ0v) is 10.4. The van der Waals surface area contributed by atoms with Gasteiger partial charge >= 0.3 is 0 Å². The van der Waals surface area contributed by atoms with Crippen molar-refractivity contribution in [3.05, 3.63) is 6.33 Å². The number of nitrogens with one attached hydrogen (secondary N) is 2. The fourth-order valence-corrected chi connectivity index (χ4v) is 2.19. The number of fused-ring (bicyclic) bond motifs is 1. The van der Waals surface area contributed by atoms with E-state index in [-0.39, 0.29) is 0 Å². The number of tetrazole rings is 1. The number of aromatic amines is 1. The van der Waals surface area contributed by atoms with E-state index in [1.807, 2.05) is 0 Å². The summed E-state index contributed by atoms with van der Waals surface area (Å²) in [5, 5.41) is 15.5. The summed E-state index contributed by atoms with van der Waals surface area (Å²) in [6.07, 6.45) is 1.58. The third kappa shape index (κ3) is 1.76. The molecule has 3 rings (SSSR count). The Morgan fingerprint density at radius 3 is 3.00 bits per heavy atom. The first-order chi connectivity index (χ1) is 8.78. The average Bonchev–Trinajstić information content (AvgIpc) is 2.98. The molecule has 18 heavy (non-hydrogen) atoms. The predicted octanol–water partition coefficient (Wildman–Crippen LogP) is 0.0693. The lowest BCUT2D eigenvalue weighted by Crippen LogP contribution is -1.99. The highest BCUT2D eigenvalue weighted by molar-refractivity contribution is 7.99. The van der Waals surface area contributed by atoms with Gasteiger partial charge in [0.1, 0.15) is 10.5 Å². The summed E-state index contributed by atoms with van der Waals surface area (Å²) in [7, 11) is 3.53. The van der Waals surface area contributed by atoms with Crippen LogP contribution in [-0.2, 0) is 7.05 Å². The van der Waals surface area contributed by atoms with Gasteiger partial charge in [-0.3, -0.25) is 0 Å². The lowest BCUT2D eigenvalue weighted by molar-refractivity contribution is 0.664. The molecule has 0 saturated heterocycles. The Balaban J connectivity index is 2.10. The molecule has 2 N–H and O–H groups in total. The number of nitrogens with zero attached hydrogens (tertiary/aromatic N) is 7. The second-order valence-corrected chi connectivity index (χ2v) is 4.35. The molecule has 0 atom stereocenters. The second-order valence-electron chi connectivity index (χ2n) is 3.39. The minimum Gasteiger partial charge on any atom is -0.357 e. The average molecular weight is 263 g/mol. The SMILES string of the molecule is CNc1nc(Sc2nnnn2C)c2[nH]cnc2n1. The van der Waals surface area contributed by atoms with Gasteiger partial charge in [0.15, 0.2) is 5.65 Å². The van der Waals surface area contributed by atoms with Crippen molar-refractivity contribution in [1.82, 2.24) is 40.1 Å². The van der Waals surface area contributed by atoms with Crippen LogP contribution < -0.4 is 5.32 Å². The number of aryl methyl sites for hydroxylation is 1. The summed E-state index contributed by atoms with van der Waals surface area (Å²) in [6.45, 7) is 0. The molecule has 0 unspecified atom stereocenters. The minimum atomic E-state index is 0.507. The topological polar surface area (TPSA) is 110 Å². The van der Waals surface area contributed by atoms with E-state index in [1.54, 1.807) is 25.1 Å². The van der Waals surface area contributed by atoms with Crippen LogP contribution in [0.1, 0.15) is 0 Å². The van der Waals surface area contributed by atoms with Gasteiger partial charge in [0.25, 0.3) is 0 Å². The molecule has 0 spiro atoms.